The first kappa shape index (κ1) is 14.4. The molecule has 0 saturated heterocycles. The molecule has 5 heteroatoms. The van der Waals surface area contributed by atoms with Crippen LogP contribution in [-0.4, -0.2) is 21.9 Å². The Morgan fingerprint density at radius 1 is 1.19 bits per heavy atom. The third-order valence-electron chi connectivity index (χ3n) is 3.70. The molecule has 21 heavy (non-hydrogen) atoms. The molecule has 0 bridgehead atoms. The zero-order chi connectivity index (χ0) is 14.3. The second kappa shape index (κ2) is 7.50. The molecule has 0 atom stereocenters. The summed E-state index contributed by atoms with van der Waals surface area (Å²) in [7, 11) is 0. The molecule has 0 unspecified atom stereocenters. The molecule has 1 saturated carbocycles. The Bertz CT molecular complexity index is 537. The van der Waals surface area contributed by atoms with E-state index >= 15 is 0 Å². The van der Waals surface area contributed by atoms with Crippen LogP contribution < -0.4 is 5.32 Å². The maximum Gasteiger partial charge on any atom is 0.228 e. The Labute approximate surface area is 129 Å². The summed E-state index contributed by atoms with van der Waals surface area (Å²) in [5, 5.41) is 8.21. The van der Waals surface area contributed by atoms with Gasteiger partial charge in [-0.1, -0.05) is 36.2 Å². The van der Waals surface area contributed by atoms with Gasteiger partial charge in [-0.3, -0.25) is 0 Å². The number of para-hydroxylation sites is 1. The molecule has 1 fully saturated rings. The van der Waals surface area contributed by atoms with Crippen LogP contribution in [0.1, 0.15) is 37.4 Å². The topological polar surface area (TPSA) is 51.0 Å². The molecule has 0 spiro atoms. The fourth-order valence-corrected chi connectivity index (χ4v) is 3.74. The maximum atomic E-state index is 5.30. The minimum atomic E-state index is 0.723. The van der Waals surface area contributed by atoms with E-state index in [0.29, 0.717) is 0 Å². The van der Waals surface area contributed by atoms with Gasteiger partial charge in [0, 0.05) is 23.9 Å². The van der Waals surface area contributed by atoms with E-state index < -0.39 is 0 Å². The van der Waals surface area contributed by atoms with Gasteiger partial charge in [-0.15, -0.1) is 0 Å². The highest BCUT2D eigenvalue weighted by Crippen LogP contribution is 2.30. The summed E-state index contributed by atoms with van der Waals surface area (Å²) in [4.78, 5) is 4.46. The number of hydrogen-bond donors (Lipinski definition) is 1. The lowest BCUT2D eigenvalue weighted by Gasteiger charge is -2.05. The third kappa shape index (κ3) is 4.49. The van der Waals surface area contributed by atoms with E-state index in [0.717, 1.165) is 41.4 Å². The van der Waals surface area contributed by atoms with Crippen LogP contribution in [0.25, 0.3) is 0 Å². The molecule has 0 radical (unpaired) electrons. The maximum absolute atomic E-state index is 5.30. The molecule has 1 heterocycles. The Morgan fingerprint density at radius 3 is 2.81 bits per heavy atom. The Hall–Kier alpha value is -1.49. The third-order valence-corrected chi connectivity index (χ3v) is 5.07. The minimum Gasteiger partial charge on any atom is -0.385 e. The zero-order valence-electron chi connectivity index (χ0n) is 12.1. The van der Waals surface area contributed by atoms with E-state index in [2.05, 4.69) is 27.6 Å². The highest BCUT2D eigenvalue weighted by Gasteiger charge is 2.16. The Balaban J connectivity index is 1.40. The van der Waals surface area contributed by atoms with Gasteiger partial charge in [0.05, 0.1) is 5.75 Å². The summed E-state index contributed by atoms with van der Waals surface area (Å²) in [6.45, 7) is 0.807. The molecule has 2 aromatic rings. The molecule has 112 valence electrons. The van der Waals surface area contributed by atoms with Crippen molar-refractivity contribution < 1.29 is 4.52 Å². The van der Waals surface area contributed by atoms with Gasteiger partial charge in [0.1, 0.15) is 0 Å². The zero-order valence-corrected chi connectivity index (χ0v) is 12.9. The van der Waals surface area contributed by atoms with Gasteiger partial charge in [-0.2, -0.15) is 16.7 Å². The van der Waals surface area contributed by atoms with Crippen molar-refractivity contribution in [3.63, 3.8) is 0 Å². The summed E-state index contributed by atoms with van der Waals surface area (Å²) in [5.41, 5.74) is 1.12. The molecular formula is C16H21N3OS. The number of thioether (sulfide) groups is 1. The lowest BCUT2D eigenvalue weighted by molar-refractivity contribution is 0.376. The highest BCUT2D eigenvalue weighted by atomic mass is 32.2. The van der Waals surface area contributed by atoms with Crippen LogP contribution in [0, 0.1) is 0 Å². The molecule has 1 aliphatic carbocycles. The lowest BCUT2D eigenvalue weighted by atomic mass is 10.3. The van der Waals surface area contributed by atoms with Crippen LogP contribution in [0.2, 0.25) is 0 Å². The monoisotopic (exact) mass is 303 g/mol. The summed E-state index contributed by atoms with van der Waals surface area (Å²) < 4.78 is 5.30. The first-order chi connectivity index (χ1) is 10.4. The molecule has 1 aromatic heterocycles. The minimum absolute atomic E-state index is 0.723. The number of nitrogens with zero attached hydrogens (tertiary/aromatic N) is 2. The second-order valence-electron chi connectivity index (χ2n) is 5.36. The fraction of sp³-hybridized carbons (Fsp3) is 0.500. The van der Waals surface area contributed by atoms with Gasteiger partial charge in [-0.25, -0.2) is 0 Å². The van der Waals surface area contributed by atoms with Crippen molar-refractivity contribution in [2.45, 2.75) is 43.1 Å². The van der Waals surface area contributed by atoms with Crippen LogP contribution in [0.15, 0.2) is 34.9 Å². The lowest BCUT2D eigenvalue weighted by Crippen LogP contribution is -2.04. The largest absolute Gasteiger partial charge is 0.385 e. The normalized spacial score (nSPS) is 15.4. The van der Waals surface area contributed by atoms with Gasteiger partial charge in [-0.05, 0) is 25.0 Å². The van der Waals surface area contributed by atoms with Gasteiger partial charge < -0.3 is 9.84 Å². The number of anilines is 1. The van der Waals surface area contributed by atoms with Crippen molar-refractivity contribution in [3.05, 3.63) is 42.0 Å². The van der Waals surface area contributed by atoms with E-state index in [-0.39, 0.29) is 0 Å². The van der Waals surface area contributed by atoms with Crippen molar-refractivity contribution in [2.24, 2.45) is 0 Å². The highest BCUT2D eigenvalue weighted by molar-refractivity contribution is 7.99. The first-order valence-corrected chi connectivity index (χ1v) is 8.67. The van der Waals surface area contributed by atoms with E-state index in [1.165, 1.54) is 25.7 Å². The number of nitrogens with one attached hydrogen (secondary N) is 1. The number of rotatable bonds is 7. The van der Waals surface area contributed by atoms with Crippen LogP contribution in [0.3, 0.4) is 0 Å². The smallest absolute Gasteiger partial charge is 0.228 e. The summed E-state index contributed by atoms with van der Waals surface area (Å²) in [6.07, 6.45) is 6.20. The average molecular weight is 303 g/mol. The van der Waals surface area contributed by atoms with Crippen molar-refractivity contribution in [2.75, 3.05) is 11.9 Å². The van der Waals surface area contributed by atoms with Crippen molar-refractivity contribution in [3.8, 4) is 0 Å². The fourth-order valence-electron chi connectivity index (χ4n) is 2.57. The molecule has 1 N–H and O–H groups in total. The molecule has 3 rings (SSSR count). The average Bonchev–Trinajstić information content (AvgIpc) is 3.18. The van der Waals surface area contributed by atoms with Crippen LogP contribution >= 0.6 is 11.8 Å². The molecule has 1 aromatic carbocycles. The summed E-state index contributed by atoms with van der Waals surface area (Å²) in [5.74, 6) is 2.43. The van der Waals surface area contributed by atoms with Crippen LogP contribution in [0.4, 0.5) is 5.69 Å². The second-order valence-corrected chi connectivity index (χ2v) is 6.65. The summed E-state index contributed by atoms with van der Waals surface area (Å²) >= 11 is 1.97. The summed E-state index contributed by atoms with van der Waals surface area (Å²) in [6, 6.07) is 10.2. The van der Waals surface area contributed by atoms with E-state index in [1.54, 1.807) is 0 Å². The first-order valence-electron chi connectivity index (χ1n) is 7.62. The van der Waals surface area contributed by atoms with E-state index in [4.69, 9.17) is 4.52 Å². The predicted molar refractivity (Wildman–Crippen MR) is 86.5 cm³/mol. The number of hydrogen-bond acceptors (Lipinski definition) is 5. The molecule has 0 amide bonds. The Kier molecular flexibility index (Phi) is 5.16. The number of aromatic nitrogens is 2. The van der Waals surface area contributed by atoms with Gasteiger partial charge in [0.2, 0.25) is 5.89 Å². The van der Waals surface area contributed by atoms with Gasteiger partial charge in [0.15, 0.2) is 5.82 Å². The molecular weight excluding hydrogens is 282 g/mol. The molecule has 0 aliphatic heterocycles. The van der Waals surface area contributed by atoms with Crippen LogP contribution in [-0.2, 0) is 12.2 Å². The van der Waals surface area contributed by atoms with E-state index in [9.17, 15) is 0 Å². The quantitative estimate of drug-likeness (QED) is 0.840. The van der Waals surface area contributed by atoms with Crippen molar-refractivity contribution in [1.82, 2.24) is 10.1 Å². The van der Waals surface area contributed by atoms with Gasteiger partial charge >= 0.3 is 0 Å². The predicted octanol–water partition coefficient (Wildman–Crippen LogP) is 3.90. The standard InChI is InChI=1S/C16H21N3OS/c1-2-6-13(7-3-1)17-11-10-16-18-15(19-20-16)12-21-14-8-4-5-9-14/h1-3,6-7,14,17H,4-5,8-12H2. The van der Waals surface area contributed by atoms with Crippen molar-refractivity contribution >= 4 is 17.4 Å². The van der Waals surface area contributed by atoms with E-state index in [1.807, 2.05) is 30.0 Å². The SMILES string of the molecule is c1ccc(NCCc2nc(CSC3CCCC3)no2)cc1. The Morgan fingerprint density at radius 2 is 2.00 bits per heavy atom. The molecule has 4 nitrogen and oxygen atoms in total. The van der Waals surface area contributed by atoms with Crippen molar-refractivity contribution in [1.29, 1.82) is 0 Å². The molecule has 1 aliphatic rings. The van der Waals surface area contributed by atoms with Gasteiger partial charge in [0.25, 0.3) is 0 Å². The number of benzene rings is 1. The van der Waals surface area contributed by atoms with Crippen LogP contribution in [0.5, 0.6) is 0 Å².